The Morgan fingerprint density at radius 1 is 0.944 bits per heavy atom. The van der Waals surface area contributed by atoms with Crippen molar-refractivity contribution in [1.82, 2.24) is 0 Å². The van der Waals surface area contributed by atoms with Crippen molar-refractivity contribution in [2.75, 3.05) is 10.2 Å². The summed E-state index contributed by atoms with van der Waals surface area (Å²) in [6.45, 7) is 2.10. The number of fused-ring (bicyclic) bond motifs is 1. The van der Waals surface area contributed by atoms with E-state index in [2.05, 4.69) is 12.2 Å². The lowest BCUT2D eigenvalue weighted by atomic mass is 9.78. The second-order valence-electron chi connectivity index (χ2n) is 9.62. The first-order valence-electron chi connectivity index (χ1n) is 12.8. The molecule has 0 aromatic heterocycles. The number of rotatable bonds is 6. The molecule has 3 aromatic rings. The van der Waals surface area contributed by atoms with Crippen molar-refractivity contribution in [2.45, 2.75) is 57.4 Å². The van der Waals surface area contributed by atoms with Crippen LogP contribution in [0.4, 0.5) is 15.8 Å². The fraction of sp³-hybridized carbons (Fsp3) is 0.290. The summed E-state index contributed by atoms with van der Waals surface area (Å²) in [5.41, 5.74) is 4.14. The second-order valence-corrected chi connectivity index (χ2v) is 9.62. The van der Waals surface area contributed by atoms with E-state index < -0.39 is 11.9 Å². The van der Waals surface area contributed by atoms with Crippen molar-refractivity contribution in [2.24, 2.45) is 0 Å². The highest BCUT2D eigenvalue weighted by Gasteiger charge is 2.42. The van der Waals surface area contributed by atoms with Crippen molar-refractivity contribution in [3.63, 3.8) is 0 Å². The van der Waals surface area contributed by atoms with Gasteiger partial charge in [-0.25, -0.2) is 4.39 Å². The molecule has 5 rings (SSSR count). The summed E-state index contributed by atoms with van der Waals surface area (Å²) in [6.07, 6.45) is 3.97. The van der Waals surface area contributed by atoms with Gasteiger partial charge in [-0.15, -0.1) is 0 Å². The van der Waals surface area contributed by atoms with Gasteiger partial charge in [0, 0.05) is 29.7 Å². The van der Waals surface area contributed by atoms with Gasteiger partial charge in [-0.2, -0.15) is 0 Å². The molecule has 0 bridgehead atoms. The monoisotopic (exact) mass is 482 g/mol. The summed E-state index contributed by atoms with van der Waals surface area (Å²) < 4.78 is 15.4. The minimum absolute atomic E-state index is 0.0187. The number of nitrogens with zero attached hydrogens (tertiary/aromatic N) is 1. The number of para-hydroxylation sites is 2. The van der Waals surface area contributed by atoms with Crippen LogP contribution in [0.5, 0.6) is 0 Å². The number of hydrogen-bond donors (Lipinski definition) is 1. The number of ketones is 1. The van der Waals surface area contributed by atoms with E-state index >= 15 is 4.39 Å². The second kappa shape index (κ2) is 10.5. The zero-order valence-electron chi connectivity index (χ0n) is 20.5. The summed E-state index contributed by atoms with van der Waals surface area (Å²) in [7, 11) is 0. The first kappa shape index (κ1) is 24.0. The predicted octanol–water partition coefficient (Wildman–Crippen LogP) is 7.31. The van der Waals surface area contributed by atoms with E-state index in [0.29, 0.717) is 36.1 Å². The highest BCUT2D eigenvalue weighted by atomic mass is 19.1. The van der Waals surface area contributed by atoms with Gasteiger partial charge in [-0.3, -0.25) is 14.5 Å². The lowest BCUT2D eigenvalue weighted by Gasteiger charge is -2.35. The first-order chi connectivity index (χ1) is 17.6. The molecule has 2 aliphatic rings. The summed E-state index contributed by atoms with van der Waals surface area (Å²) in [6, 6.07) is 23.3. The Kier molecular flexibility index (Phi) is 6.99. The number of halogens is 1. The fourth-order valence-corrected chi connectivity index (χ4v) is 5.46. The predicted molar refractivity (Wildman–Crippen MR) is 141 cm³/mol. The summed E-state index contributed by atoms with van der Waals surface area (Å²) in [5.74, 6) is -0.550. The van der Waals surface area contributed by atoms with E-state index in [1.54, 1.807) is 23.1 Å². The number of anilines is 2. The number of carbonyl (C=O) groups excluding carboxylic acids is 2. The van der Waals surface area contributed by atoms with Crippen LogP contribution in [-0.4, -0.2) is 11.7 Å². The minimum atomic E-state index is -0.823. The van der Waals surface area contributed by atoms with Crippen LogP contribution in [0, 0.1) is 5.82 Å². The maximum absolute atomic E-state index is 15.4. The van der Waals surface area contributed by atoms with Gasteiger partial charge in [0.2, 0.25) is 5.91 Å². The number of unbranched alkanes of at least 4 members (excludes halogenated alkanes) is 2. The van der Waals surface area contributed by atoms with Gasteiger partial charge in [-0.05, 0) is 42.5 Å². The van der Waals surface area contributed by atoms with Crippen LogP contribution in [0.25, 0.3) is 0 Å². The highest BCUT2D eigenvalue weighted by Crippen LogP contribution is 2.48. The Morgan fingerprint density at radius 2 is 1.67 bits per heavy atom. The van der Waals surface area contributed by atoms with Crippen molar-refractivity contribution in [3.8, 4) is 0 Å². The molecule has 0 saturated heterocycles. The third-order valence-electron chi connectivity index (χ3n) is 7.22. The maximum atomic E-state index is 15.4. The summed E-state index contributed by atoms with van der Waals surface area (Å²) in [5, 5.41) is 3.51. The van der Waals surface area contributed by atoms with E-state index in [-0.39, 0.29) is 17.6 Å². The fourth-order valence-electron chi connectivity index (χ4n) is 5.46. The van der Waals surface area contributed by atoms with Gasteiger partial charge >= 0.3 is 0 Å². The van der Waals surface area contributed by atoms with E-state index in [0.717, 1.165) is 36.2 Å². The number of nitrogens with one attached hydrogen (secondary N) is 1. The Bertz CT molecular complexity index is 1300. The third-order valence-corrected chi connectivity index (χ3v) is 7.22. The molecule has 0 saturated carbocycles. The zero-order valence-corrected chi connectivity index (χ0v) is 20.5. The molecular formula is C31H31FN2O2. The molecule has 1 aliphatic heterocycles. The normalized spacial score (nSPS) is 19.3. The van der Waals surface area contributed by atoms with Crippen LogP contribution in [0.3, 0.4) is 0 Å². The van der Waals surface area contributed by atoms with Crippen LogP contribution in [0.2, 0.25) is 0 Å². The molecule has 184 valence electrons. The molecule has 3 aromatic carbocycles. The van der Waals surface area contributed by atoms with Crippen molar-refractivity contribution < 1.29 is 14.0 Å². The van der Waals surface area contributed by atoms with Crippen molar-refractivity contribution >= 4 is 23.1 Å². The van der Waals surface area contributed by atoms with Gasteiger partial charge in [-0.1, -0.05) is 80.4 Å². The van der Waals surface area contributed by atoms with Gasteiger partial charge in [0.15, 0.2) is 5.78 Å². The molecule has 1 heterocycles. The van der Waals surface area contributed by atoms with Crippen molar-refractivity contribution in [3.05, 3.63) is 107 Å². The van der Waals surface area contributed by atoms with Gasteiger partial charge < -0.3 is 5.32 Å². The summed E-state index contributed by atoms with van der Waals surface area (Å²) in [4.78, 5) is 29.3. The Hall–Kier alpha value is -3.73. The number of Topliss-reactive ketones (excluding diaryl/α,β-unsaturated/α-hetero) is 1. The molecular weight excluding hydrogens is 451 g/mol. The van der Waals surface area contributed by atoms with E-state index in [4.69, 9.17) is 0 Å². The number of allylic oxidation sites excluding steroid dienone is 1. The van der Waals surface area contributed by atoms with E-state index in [9.17, 15) is 9.59 Å². The number of amides is 1. The topological polar surface area (TPSA) is 49.4 Å². The zero-order chi connectivity index (χ0) is 25.1. The van der Waals surface area contributed by atoms with Gasteiger partial charge in [0.1, 0.15) is 5.82 Å². The van der Waals surface area contributed by atoms with Gasteiger partial charge in [0.25, 0.3) is 0 Å². The molecule has 4 nitrogen and oxygen atoms in total. The van der Waals surface area contributed by atoms with Crippen LogP contribution in [-0.2, 0) is 9.59 Å². The molecule has 36 heavy (non-hydrogen) atoms. The lowest BCUT2D eigenvalue weighted by Crippen LogP contribution is -2.38. The summed E-state index contributed by atoms with van der Waals surface area (Å²) >= 11 is 0. The minimum Gasteiger partial charge on any atom is -0.357 e. The number of carbonyl (C=O) groups is 2. The lowest BCUT2D eigenvalue weighted by molar-refractivity contribution is -0.119. The van der Waals surface area contributed by atoms with Crippen molar-refractivity contribution in [1.29, 1.82) is 0 Å². The molecule has 0 spiro atoms. The molecule has 5 heteroatoms. The SMILES string of the molecule is CCCCCC(=O)N1c2ccccc2NC2=C(C(=O)CC(c3ccccc3)C2)C1c1ccccc1F. The molecule has 1 aliphatic carbocycles. The quantitative estimate of drug-likeness (QED) is 0.375. The Labute approximate surface area is 211 Å². The average molecular weight is 483 g/mol. The molecule has 2 atom stereocenters. The molecule has 0 fully saturated rings. The Morgan fingerprint density at radius 3 is 2.44 bits per heavy atom. The van der Waals surface area contributed by atoms with E-state index in [1.165, 1.54) is 6.07 Å². The highest BCUT2D eigenvalue weighted by molar-refractivity contribution is 6.06. The van der Waals surface area contributed by atoms with Gasteiger partial charge in [0.05, 0.1) is 17.4 Å². The van der Waals surface area contributed by atoms with E-state index in [1.807, 2.05) is 54.6 Å². The molecule has 2 unspecified atom stereocenters. The molecule has 0 radical (unpaired) electrons. The smallest absolute Gasteiger partial charge is 0.227 e. The largest absolute Gasteiger partial charge is 0.357 e. The molecule has 1 N–H and O–H groups in total. The van der Waals surface area contributed by atoms with Crippen LogP contribution >= 0.6 is 0 Å². The average Bonchev–Trinajstić information content (AvgIpc) is 3.04. The number of benzene rings is 3. The van der Waals surface area contributed by atoms with Crippen LogP contribution in [0.1, 0.15) is 68.5 Å². The standard InChI is InChI=1S/C31H31FN2O2/c1-2-3-5-18-29(36)34-27-17-11-10-16-25(27)33-26-19-22(21-12-6-4-7-13-21)20-28(35)30(26)31(34)23-14-8-9-15-24(23)32/h4,6-17,22,31,33H,2-3,5,18-20H2,1H3. The van der Waals surface area contributed by atoms with Crippen LogP contribution in [0.15, 0.2) is 90.1 Å². The number of hydrogen-bond acceptors (Lipinski definition) is 3. The molecule has 1 amide bonds. The maximum Gasteiger partial charge on any atom is 0.227 e. The Balaban J connectivity index is 1.68. The van der Waals surface area contributed by atoms with Crippen LogP contribution < -0.4 is 10.2 Å². The third kappa shape index (κ3) is 4.58. The first-order valence-corrected chi connectivity index (χ1v) is 12.8.